The molecule has 4 rings (SSSR count). The molecule has 1 saturated heterocycles. The first-order valence-corrected chi connectivity index (χ1v) is 15.5. The third-order valence-electron chi connectivity index (χ3n) is 8.56. The van der Waals surface area contributed by atoms with Crippen LogP contribution in [-0.2, 0) is 15.2 Å². The van der Waals surface area contributed by atoms with Crippen molar-refractivity contribution in [2.24, 2.45) is 5.92 Å². The molecule has 44 heavy (non-hydrogen) atoms. The Hall–Kier alpha value is -4.01. The van der Waals surface area contributed by atoms with E-state index >= 15 is 0 Å². The molecule has 2 heterocycles. The molecule has 0 unspecified atom stereocenters. The first-order valence-electron chi connectivity index (χ1n) is 15.5. The quantitative estimate of drug-likeness (QED) is 0.270. The van der Waals surface area contributed by atoms with Crippen LogP contribution >= 0.6 is 0 Å². The number of aliphatic hydroxyl groups excluding tert-OH is 1. The van der Waals surface area contributed by atoms with E-state index in [-0.39, 0.29) is 30.9 Å². The number of amides is 3. The minimum atomic E-state index is -1.90. The van der Waals surface area contributed by atoms with Gasteiger partial charge in [0.1, 0.15) is 0 Å². The summed E-state index contributed by atoms with van der Waals surface area (Å²) >= 11 is 0. The van der Waals surface area contributed by atoms with Crippen molar-refractivity contribution in [1.29, 1.82) is 0 Å². The Balaban J connectivity index is 1.59. The van der Waals surface area contributed by atoms with E-state index in [9.17, 15) is 24.6 Å². The highest BCUT2D eigenvalue weighted by Gasteiger charge is 2.52. The molecule has 0 bridgehead atoms. The second-order valence-corrected chi connectivity index (χ2v) is 12.1. The smallest absolute Gasteiger partial charge is 0.264 e. The number of rotatable bonds is 12. The van der Waals surface area contributed by atoms with E-state index in [2.05, 4.69) is 25.2 Å². The molecule has 8 heteroatoms. The van der Waals surface area contributed by atoms with Crippen molar-refractivity contribution in [3.05, 3.63) is 95.1 Å². The Morgan fingerprint density at radius 3 is 2.57 bits per heavy atom. The van der Waals surface area contributed by atoms with Crippen LogP contribution in [0.3, 0.4) is 0 Å². The van der Waals surface area contributed by atoms with Gasteiger partial charge in [-0.25, -0.2) is 0 Å². The van der Waals surface area contributed by atoms with Crippen LogP contribution in [0.15, 0.2) is 84.0 Å². The average molecular weight is 600 g/mol. The Labute approximate surface area is 260 Å². The molecule has 0 spiro atoms. The van der Waals surface area contributed by atoms with Crippen molar-refractivity contribution in [3.63, 3.8) is 0 Å². The lowest BCUT2D eigenvalue weighted by Crippen LogP contribution is -2.44. The monoisotopic (exact) mass is 599 g/mol. The number of benzene rings is 2. The van der Waals surface area contributed by atoms with Crippen LogP contribution in [0.25, 0.3) is 0 Å². The van der Waals surface area contributed by atoms with Crippen molar-refractivity contribution in [3.8, 4) is 0 Å². The van der Waals surface area contributed by atoms with Crippen molar-refractivity contribution >= 4 is 29.1 Å². The molecule has 2 aromatic rings. The molecule has 2 aromatic carbocycles. The number of carbonyl (C=O) groups excluding carboxylic acids is 3. The van der Waals surface area contributed by atoms with Crippen molar-refractivity contribution in [2.75, 3.05) is 29.9 Å². The highest BCUT2D eigenvalue weighted by Crippen LogP contribution is 2.46. The highest BCUT2D eigenvalue weighted by atomic mass is 16.3. The number of nitrogens with zero attached hydrogens (tertiary/aromatic N) is 2. The normalized spacial score (nSPS) is 20.6. The predicted octanol–water partition coefficient (Wildman–Crippen LogP) is 5.73. The molecule has 3 atom stereocenters. The number of fused-ring (bicyclic) bond motifs is 1. The molecule has 0 radical (unpaired) electrons. The molecule has 0 aromatic heterocycles. The van der Waals surface area contributed by atoms with E-state index in [1.165, 1.54) is 5.57 Å². The van der Waals surface area contributed by atoms with E-state index < -0.39 is 17.4 Å². The SMILES string of the molecule is CC(C)=CCC/C(C)=C/CN1C(=O)[C@@](O)([C@@H](C)/C=C/CC(=O)N2CCC[C@H]2CO)c2cc(NC(=O)c3ccccc3)ccc21. The third kappa shape index (κ3) is 7.37. The van der Waals surface area contributed by atoms with Gasteiger partial charge in [0.15, 0.2) is 5.60 Å². The summed E-state index contributed by atoms with van der Waals surface area (Å²) in [5.74, 6) is -1.49. The molecule has 3 N–H and O–H groups in total. The maximum atomic E-state index is 14.0. The highest BCUT2D eigenvalue weighted by molar-refractivity contribution is 6.09. The van der Waals surface area contributed by atoms with E-state index in [0.717, 1.165) is 31.3 Å². The zero-order chi connectivity index (χ0) is 31.9. The fraction of sp³-hybridized carbons (Fsp3) is 0.417. The molecular formula is C36H45N3O5. The first kappa shape index (κ1) is 32.9. The van der Waals surface area contributed by atoms with Crippen LogP contribution in [-0.4, -0.2) is 58.6 Å². The zero-order valence-electron chi connectivity index (χ0n) is 26.3. The Bertz CT molecular complexity index is 1440. The van der Waals surface area contributed by atoms with Crippen LogP contribution in [0.2, 0.25) is 0 Å². The van der Waals surface area contributed by atoms with Gasteiger partial charge in [-0.05, 0) is 76.8 Å². The van der Waals surface area contributed by atoms with Crippen LogP contribution in [0.1, 0.15) is 75.7 Å². The lowest BCUT2D eigenvalue weighted by Gasteiger charge is -2.28. The first-order chi connectivity index (χ1) is 21.1. The van der Waals surface area contributed by atoms with E-state index in [1.54, 1.807) is 71.3 Å². The summed E-state index contributed by atoms with van der Waals surface area (Å²) in [7, 11) is 0. The van der Waals surface area contributed by atoms with Gasteiger partial charge < -0.3 is 25.3 Å². The van der Waals surface area contributed by atoms with Crippen LogP contribution in [0.5, 0.6) is 0 Å². The number of anilines is 2. The van der Waals surface area contributed by atoms with Gasteiger partial charge in [-0.3, -0.25) is 14.4 Å². The lowest BCUT2D eigenvalue weighted by molar-refractivity contribution is -0.139. The van der Waals surface area contributed by atoms with Gasteiger partial charge in [0, 0.05) is 42.2 Å². The summed E-state index contributed by atoms with van der Waals surface area (Å²) in [6, 6.07) is 13.9. The van der Waals surface area contributed by atoms with Gasteiger partial charge in [0.25, 0.3) is 11.8 Å². The number of hydrogen-bond acceptors (Lipinski definition) is 5. The lowest BCUT2D eigenvalue weighted by atomic mass is 9.82. The minimum absolute atomic E-state index is 0.0568. The van der Waals surface area contributed by atoms with Crippen LogP contribution in [0.4, 0.5) is 11.4 Å². The summed E-state index contributed by atoms with van der Waals surface area (Å²) < 4.78 is 0. The Morgan fingerprint density at radius 1 is 1.11 bits per heavy atom. The fourth-order valence-electron chi connectivity index (χ4n) is 5.92. The summed E-state index contributed by atoms with van der Waals surface area (Å²) in [5, 5.41) is 24.6. The predicted molar refractivity (Wildman–Crippen MR) is 174 cm³/mol. The fourth-order valence-corrected chi connectivity index (χ4v) is 5.92. The second-order valence-electron chi connectivity index (χ2n) is 12.1. The van der Waals surface area contributed by atoms with Crippen molar-refractivity contribution < 1.29 is 24.6 Å². The number of likely N-dealkylation sites (tertiary alicyclic amines) is 1. The average Bonchev–Trinajstić information content (AvgIpc) is 3.57. The molecule has 2 aliphatic heterocycles. The summed E-state index contributed by atoms with van der Waals surface area (Å²) in [6.45, 7) is 8.81. The molecule has 0 saturated carbocycles. The minimum Gasteiger partial charge on any atom is -0.394 e. The van der Waals surface area contributed by atoms with Gasteiger partial charge in [-0.1, -0.05) is 60.6 Å². The number of nitrogens with one attached hydrogen (secondary N) is 1. The summed E-state index contributed by atoms with van der Waals surface area (Å²) in [5.41, 5.74) is 2.47. The van der Waals surface area contributed by atoms with E-state index in [1.807, 2.05) is 19.1 Å². The molecule has 1 fully saturated rings. The molecular weight excluding hydrogens is 554 g/mol. The van der Waals surface area contributed by atoms with Crippen LogP contribution in [0, 0.1) is 5.92 Å². The van der Waals surface area contributed by atoms with Crippen LogP contribution < -0.4 is 10.2 Å². The second kappa shape index (κ2) is 14.6. The van der Waals surface area contributed by atoms with Crippen molar-refractivity contribution in [2.45, 2.75) is 71.4 Å². The van der Waals surface area contributed by atoms with Gasteiger partial charge >= 0.3 is 0 Å². The molecule has 3 amide bonds. The topological polar surface area (TPSA) is 110 Å². The Kier molecular flexibility index (Phi) is 10.9. The molecule has 2 aliphatic rings. The third-order valence-corrected chi connectivity index (χ3v) is 8.56. The molecule has 234 valence electrons. The van der Waals surface area contributed by atoms with Gasteiger partial charge in [-0.15, -0.1) is 0 Å². The molecule has 8 nitrogen and oxygen atoms in total. The Morgan fingerprint density at radius 2 is 1.86 bits per heavy atom. The number of carbonyl (C=O) groups is 3. The maximum absolute atomic E-state index is 14.0. The standard InChI is InChI=1S/C36H45N3O5/c1-25(2)11-8-12-26(3)20-22-39-32-19-18-29(37-34(42)28-14-6-5-7-15-28)23-31(32)36(44,35(39)43)27(4)13-9-17-33(41)38-21-10-16-30(38)24-40/h5-7,9,11,13-15,18-20,23,27,30,40,44H,8,10,12,16-17,21-22,24H2,1-4H3,(H,37,42)/b13-9+,26-20+/t27-,30-,36+/m0/s1. The summed E-state index contributed by atoms with van der Waals surface area (Å²) in [6.07, 6.45) is 11.2. The van der Waals surface area contributed by atoms with Gasteiger partial charge in [0.2, 0.25) is 5.91 Å². The largest absolute Gasteiger partial charge is 0.394 e. The number of aliphatic hydroxyl groups is 2. The zero-order valence-corrected chi connectivity index (χ0v) is 26.3. The van der Waals surface area contributed by atoms with Gasteiger partial charge in [-0.2, -0.15) is 0 Å². The number of allylic oxidation sites excluding steroid dienone is 3. The molecule has 0 aliphatic carbocycles. The number of hydrogen-bond donors (Lipinski definition) is 3. The van der Waals surface area contributed by atoms with E-state index in [4.69, 9.17) is 0 Å². The van der Waals surface area contributed by atoms with Crippen molar-refractivity contribution in [1.82, 2.24) is 4.90 Å². The van der Waals surface area contributed by atoms with E-state index in [0.29, 0.717) is 35.6 Å². The maximum Gasteiger partial charge on any atom is 0.264 e. The summed E-state index contributed by atoms with van der Waals surface area (Å²) in [4.78, 5) is 43.0. The van der Waals surface area contributed by atoms with Gasteiger partial charge in [0.05, 0.1) is 18.3 Å².